The average Bonchev–Trinajstić information content (AvgIpc) is 2.21. The topological polar surface area (TPSA) is 43.1 Å². The molecule has 1 atom stereocenters. The van der Waals surface area contributed by atoms with Gasteiger partial charge in [-0.25, -0.2) is 0 Å². The highest BCUT2D eigenvalue weighted by Crippen LogP contribution is 2.29. The molecule has 0 aliphatic rings. The third kappa shape index (κ3) is 2.90. The summed E-state index contributed by atoms with van der Waals surface area (Å²) in [6.45, 7) is 4.44. The summed E-state index contributed by atoms with van der Waals surface area (Å²) in [5.41, 5.74) is 4.79. The van der Waals surface area contributed by atoms with Crippen molar-refractivity contribution >= 4 is 5.78 Å². The van der Waals surface area contributed by atoms with Crippen LogP contribution in [0.15, 0.2) is 18.2 Å². The van der Waals surface area contributed by atoms with Gasteiger partial charge in [0.1, 0.15) is 0 Å². The Morgan fingerprint density at radius 3 is 2.22 bits per heavy atom. The zero-order chi connectivity index (χ0) is 14.1. The second-order valence-corrected chi connectivity index (χ2v) is 4.72. The fourth-order valence-electron chi connectivity index (χ4n) is 1.44. The summed E-state index contributed by atoms with van der Waals surface area (Å²) >= 11 is 0. The molecular formula is C13H16F3NO. The van der Waals surface area contributed by atoms with E-state index >= 15 is 0 Å². The fraction of sp³-hybridized carbons (Fsp3) is 0.462. The van der Waals surface area contributed by atoms with Crippen LogP contribution < -0.4 is 5.73 Å². The first-order valence-electron chi connectivity index (χ1n) is 5.50. The number of carbonyl (C=O) groups is 1. The Bertz CT molecular complexity index is 464. The molecule has 0 saturated heterocycles. The van der Waals surface area contributed by atoms with Crippen molar-refractivity contribution in [1.29, 1.82) is 0 Å². The van der Waals surface area contributed by atoms with Crippen LogP contribution in [0.1, 0.15) is 23.6 Å². The lowest BCUT2D eigenvalue weighted by atomic mass is 9.91. The van der Waals surface area contributed by atoms with Crippen molar-refractivity contribution in [3.63, 3.8) is 0 Å². The maximum atomic E-state index is 12.6. The number of halogens is 3. The Labute approximate surface area is 104 Å². The molecule has 0 bridgehead atoms. The number of rotatable bonds is 3. The monoisotopic (exact) mass is 259 g/mol. The van der Waals surface area contributed by atoms with Gasteiger partial charge in [0.05, 0.1) is 0 Å². The highest BCUT2D eigenvalue weighted by molar-refractivity contribution is 5.90. The highest BCUT2D eigenvalue weighted by atomic mass is 19.4. The number of benzene rings is 1. The van der Waals surface area contributed by atoms with Crippen LogP contribution in [0.4, 0.5) is 13.2 Å². The first kappa shape index (κ1) is 14.7. The molecule has 0 aliphatic carbocycles. The van der Waals surface area contributed by atoms with Crippen LogP contribution in [0, 0.1) is 13.8 Å². The minimum Gasteiger partial charge on any atom is -0.312 e. The molecule has 2 N–H and O–H groups in total. The van der Waals surface area contributed by atoms with E-state index in [4.69, 9.17) is 5.73 Å². The SMILES string of the molecule is Cc1ccc(CC(=O)C(C)(N)C(F)(F)F)cc1C. The predicted molar refractivity (Wildman–Crippen MR) is 63.3 cm³/mol. The molecule has 2 nitrogen and oxygen atoms in total. The number of carbonyl (C=O) groups excluding carboxylic acids is 1. The number of nitrogens with two attached hydrogens (primary N) is 1. The second-order valence-electron chi connectivity index (χ2n) is 4.72. The molecule has 18 heavy (non-hydrogen) atoms. The lowest BCUT2D eigenvalue weighted by Gasteiger charge is -2.26. The van der Waals surface area contributed by atoms with Crippen LogP contribution in [-0.2, 0) is 11.2 Å². The van der Waals surface area contributed by atoms with Crippen molar-refractivity contribution in [3.05, 3.63) is 34.9 Å². The molecular weight excluding hydrogens is 243 g/mol. The molecule has 5 heteroatoms. The van der Waals surface area contributed by atoms with E-state index in [1.807, 2.05) is 13.8 Å². The van der Waals surface area contributed by atoms with Crippen LogP contribution in [-0.4, -0.2) is 17.5 Å². The zero-order valence-corrected chi connectivity index (χ0v) is 10.6. The molecule has 0 radical (unpaired) electrons. The van der Waals surface area contributed by atoms with Gasteiger partial charge in [0.25, 0.3) is 0 Å². The van der Waals surface area contributed by atoms with Crippen LogP contribution in [0.2, 0.25) is 0 Å². The summed E-state index contributed by atoms with van der Waals surface area (Å²) in [5.74, 6) is -1.03. The van der Waals surface area contributed by atoms with Gasteiger partial charge in [-0.05, 0) is 37.5 Å². The van der Waals surface area contributed by atoms with Crippen molar-refractivity contribution < 1.29 is 18.0 Å². The molecule has 0 aromatic heterocycles. The summed E-state index contributed by atoms with van der Waals surface area (Å²) in [7, 11) is 0. The normalized spacial score (nSPS) is 15.3. The minimum atomic E-state index is -4.73. The molecule has 0 amide bonds. The number of ketones is 1. The summed E-state index contributed by atoms with van der Waals surface area (Å²) in [6.07, 6.45) is -5.04. The van der Waals surface area contributed by atoms with Gasteiger partial charge in [-0.3, -0.25) is 4.79 Å². The standard InChI is InChI=1S/C13H16F3NO/c1-8-4-5-10(6-9(8)2)7-11(18)12(3,17)13(14,15)16/h4-6H,7,17H2,1-3H3. The number of aryl methyl sites for hydroxylation is 2. The Kier molecular flexibility index (Phi) is 3.86. The van der Waals surface area contributed by atoms with Crippen molar-refractivity contribution in [2.75, 3.05) is 0 Å². The van der Waals surface area contributed by atoms with Crippen molar-refractivity contribution in [1.82, 2.24) is 0 Å². The highest BCUT2D eigenvalue weighted by Gasteiger charge is 2.53. The van der Waals surface area contributed by atoms with Crippen LogP contribution >= 0.6 is 0 Å². The lowest BCUT2D eigenvalue weighted by molar-refractivity contribution is -0.185. The molecule has 0 spiro atoms. The average molecular weight is 259 g/mol. The van der Waals surface area contributed by atoms with Crippen LogP contribution in [0.3, 0.4) is 0 Å². The largest absolute Gasteiger partial charge is 0.413 e. The van der Waals surface area contributed by atoms with Gasteiger partial charge in [0.2, 0.25) is 0 Å². The quantitative estimate of drug-likeness (QED) is 0.907. The molecule has 0 heterocycles. The smallest absolute Gasteiger partial charge is 0.312 e. The Morgan fingerprint density at radius 1 is 1.22 bits per heavy atom. The number of alkyl halides is 3. The summed E-state index contributed by atoms with van der Waals surface area (Å²) in [4.78, 5) is 11.6. The van der Waals surface area contributed by atoms with Gasteiger partial charge in [-0.15, -0.1) is 0 Å². The van der Waals surface area contributed by atoms with E-state index in [-0.39, 0.29) is 6.42 Å². The molecule has 0 aliphatic heterocycles. The molecule has 0 fully saturated rings. The van der Waals surface area contributed by atoms with E-state index in [2.05, 4.69) is 0 Å². The molecule has 0 saturated carbocycles. The van der Waals surface area contributed by atoms with Gasteiger partial charge < -0.3 is 5.73 Å². The molecule has 100 valence electrons. The summed E-state index contributed by atoms with van der Waals surface area (Å²) < 4.78 is 37.8. The lowest BCUT2D eigenvalue weighted by Crippen LogP contribution is -2.57. The van der Waals surface area contributed by atoms with Crippen molar-refractivity contribution in [2.24, 2.45) is 5.73 Å². The predicted octanol–water partition coefficient (Wildman–Crippen LogP) is 2.69. The molecule has 1 aromatic rings. The fourth-order valence-corrected chi connectivity index (χ4v) is 1.44. The van der Waals surface area contributed by atoms with Gasteiger partial charge in [0.15, 0.2) is 11.3 Å². The van der Waals surface area contributed by atoms with E-state index in [0.717, 1.165) is 11.1 Å². The third-order valence-corrected chi connectivity index (χ3v) is 3.10. The van der Waals surface area contributed by atoms with Gasteiger partial charge in [-0.1, -0.05) is 18.2 Å². The zero-order valence-electron chi connectivity index (χ0n) is 10.6. The molecule has 1 rings (SSSR count). The second kappa shape index (κ2) is 4.72. The third-order valence-electron chi connectivity index (χ3n) is 3.10. The van der Waals surface area contributed by atoms with Gasteiger partial charge in [0, 0.05) is 6.42 Å². The van der Waals surface area contributed by atoms with Gasteiger partial charge >= 0.3 is 6.18 Å². The summed E-state index contributed by atoms with van der Waals surface area (Å²) in [6, 6.07) is 5.13. The van der Waals surface area contributed by atoms with E-state index in [9.17, 15) is 18.0 Å². The Morgan fingerprint density at radius 2 is 1.78 bits per heavy atom. The van der Waals surface area contributed by atoms with E-state index < -0.39 is 17.5 Å². The summed E-state index contributed by atoms with van der Waals surface area (Å²) in [5, 5.41) is 0. The first-order chi connectivity index (χ1) is 8.05. The number of hydrogen-bond donors (Lipinski definition) is 1. The van der Waals surface area contributed by atoms with Crippen LogP contribution in [0.25, 0.3) is 0 Å². The minimum absolute atomic E-state index is 0.312. The molecule has 1 unspecified atom stereocenters. The first-order valence-corrected chi connectivity index (χ1v) is 5.50. The molecule has 1 aromatic carbocycles. The van der Waals surface area contributed by atoms with Crippen LogP contribution in [0.5, 0.6) is 0 Å². The number of hydrogen-bond acceptors (Lipinski definition) is 2. The maximum absolute atomic E-state index is 12.6. The van der Waals surface area contributed by atoms with E-state index in [0.29, 0.717) is 12.5 Å². The van der Waals surface area contributed by atoms with E-state index in [1.54, 1.807) is 18.2 Å². The Hall–Kier alpha value is -1.36. The van der Waals surface area contributed by atoms with Gasteiger partial charge in [-0.2, -0.15) is 13.2 Å². The maximum Gasteiger partial charge on any atom is 0.413 e. The number of Topliss-reactive ketones (excluding diaryl/α,β-unsaturated/α-hetero) is 1. The van der Waals surface area contributed by atoms with E-state index in [1.165, 1.54) is 0 Å². The van der Waals surface area contributed by atoms with Crippen molar-refractivity contribution in [2.45, 2.75) is 38.9 Å². The van der Waals surface area contributed by atoms with Crippen molar-refractivity contribution in [3.8, 4) is 0 Å². The Balaban J connectivity index is 2.91.